The van der Waals surface area contributed by atoms with Crippen LogP contribution >= 0.6 is 0 Å². The summed E-state index contributed by atoms with van der Waals surface area (Å²) < 4.78 is 2.36. The van der Waals surface area contributed by atoms with Crippen LogP contribution < -0.4 is 0 Å². The Morgan fingerprint density at radius 3 is 1.49 bits per heavy atom. The first-order valence-electron chi connectivity index (χ1n) is 16.8. The van der Waals surface area contributed by atoms with Gasteiger partial charge in [-0.15, -0.1) is 0 Å². The lowest BCUT2D eigenvalue weighted by atomic mass is 9.84. The molecule has 0 aliphatic rings. The maximum atomic E-state index is 5.12. The summed E-state index contributed by atoms with van der Waals surface area (Å²) in [6.07, 6.45) is 1.96. The van der Waals surface area contributed by atoms with Crippen molar-refractivity contribution < 1.29 is 0 Å². The van der Waals surface area contributed by atoms with E-state index in [-0.39, 0.29) is 0 Å². The highest BCUT2D eigenvalue weighted by Gasteiger charge is 2.21. The first-order chi connectivity index (χ1) is 24.4. The van der Waals surface area contributed by atoms with Crippen LogP contribution in [0.5, 0.6) is 0 Å². The molecule has 10 aromatic rings. The first kappa shape index (κ1) is 27.6. The number of benzene rings is 8. The summed E-state index contributed by atoms with van der Waals surface area (Å²) in [4.78, 5) is 5.12. The summed E-state index contributed by atoms with van der Waals surface area (Å²) in [6.45, 7) is 0. The normalized spacial score (nSPS) is 11.7. The SMILES string of the molecule is c1ccc(-c2c3ccccc3c(-c3ccc(-c4nccc5c4c4ccccc4n5-c4ccccc4)c4ccccc34)c3ccccc23)cc1. The van der Waals surface area contributed by atoms with Gasteiger partial charge < -0.3 is 4.57 Å². The summed E-state index contributed by atoms with van der Waals surface area (Å²) in [5, 5.41) is 9.80. The zero-order chi connectivity index (χ0) is 32.3. The highest BCUT2D eigenvalue weighted by Crippen LogP contribution is 2.47. The van der Waals surface area contributed by atoms with Gasteiger partial charge in [0.2, 0.25) is 0 Å². The molecule has 0 amide bonds. The number of pyridine rings is 1. The first-order valence-corrected chi connectivity index (χ1v) is 16.8. The highest BCUT2D eigenvalue weighted by atomic mass is 15.0. The Hall–Kier alpha value is -6.51. The minimum atomic E-state index is 1.00. The minimum absolute atomic E-state index is 1.00. The fourth-order valence-corrected chi connectivity index (χ4v) is 8.03. The maximum Gasteiger partial charge on any atom is 0.0808 e. The molecule has 8 aromatic carbocycles. The zero-order valence-corrected chi connectivity index (χ0v) is 26.7. The van der Waals surface area contributed by atoms with Gasteiger partial charge in [0, 0.05) is 28.2 Å². The molecule has 0 aliphatic heterocycles. The van der Waals surface area contributed by atoms with E-state index in [1.165, 1.54) is 70.9 Å². The van der Waals surface area contributed by atoms with Gasteiger partial charge >= 0.3 is 0 Å². The maximum absolute atomic E-state index is 5.12. The lowest BCUT2D eigenvalue weighted by Crippen LogP contribution is -1.94. The van der Waals surface area contributed by atoms with Crippen LogP contribution in [0.2, 0.25) is 0 Å². The predicted octanol–water partition coefficient (Wildman–Crippen LogP) is 12.6. The van der Waals surface area contributed by atoms with Crippen LogP contribution in [-0.2, 0) is 0 Å². The van der Waals surface area contributed by atoms with Crippen LogP contribution in [0.25, 0.3) is 93.3 Å². The Bertz CT molecular complexity index is 2810. The number of rotatable bonds is 4. The molecule has 2 heterocycles. The van der Waals surface area contributed by atoms with Gasteiger partial charge in [0.15, 0.2) is 0 Å². The molecule has 0 saturated heterocycles. The van der Waals surface area contributed by atoms with Gasteiger partial charge in [-0.05, 0) is 78.8 Å². The van der Waals surface area contributed by atoms with Gasteiger partial charge in [-0.25, -0.2) is 0 Å². The Balaban J connectivity index is 1.28. The lowest BCUT2D eigenvalue weighted by molar-refractivity contribution is 1.17. The molecule has 0 fully saturated rings. The van der Waals surface area contributed by atoms with Gasteiger partial charge in [-0.2, -0.15) is 0 Å². The van der Waals surface area contributed by atoms with Crippen molar-refractivity contribution in [3.63, 3.8) is 0 Å². The van der Waals surface area contributed by atoms with Crippen LogP contribution in [0.3, 0.4) is 0 Å². The van der Waals surface area contributed by atoms with Crippen molar-refractivity contribution in [3.05, 3.63) is 182 Å². The molecule has 2 heteroatoms. The Morgan fingerprint density at radius 1 is 0.347 bits per heavy atom. The third kappa shape index (κ3) is 4.17. The van der Waals surface area contributed by atoms with E-state index in [2.05, 4.69) is 180 Å². The van der Waals surface area contributed by atoms with Gasteiger partial charge in [0.1, 0.15) is 0 Å². The quantitative estimate of drug-likeness (QED) is 0.179. The van der Waals surface area contributed by atoms with Crippen molar-refractivity contribution in [2.24, 2.45) is 0 Å². The highest BCUT2D eigenvalue weighted by molar-refractivity contribution is 6.25. The third-order valence-corrected chi connectivity index (χ3v) is 10.0. The van der Waals surface area contributed by atoms with E-state index in [1.54, 1.807) is 0 Å². The monoisotopic (exact) mass is 622 g/mol. The summed E-state index contributed by atoms with van der Waals surface area (Å²) in [6, 6.07) is 63.5. The number of fused-ring (bicyclic) bond motifs is 6. The van der Waals surface area contributed by atoms with E-state index >= 15 is 0 Å². The molecule has 0 aliphatic carbocycles. The van der Waals surface area contributed by atoms with E-state index in [1.807, 2.05) is 6.20 Å². The second-order valence-electron chi connectivity index (χ2n) is 12.7. The molecule has 0 N–H and O–H groups in total. The zero-order valence-electron chi connectivity index (χ0n) is 26.7. The topological polar surface area (TPSA) is 17.8 Å². The molecule has 0 atom stereocenters. The Morgan fingerprint density at radius 2 is 0.837 bits per heavy atom. The van der Waals surface area contributed by atoms with Crippen LogP contribution in [0.15, 0.2) is 182 Å². The van der Waals surface area contributed by atoms with Crippen molar-refractivity contribution in [3.8, 4) is 39.2 Å². The molecule has 0 unspecified atom stereocenters. The summed E-state index contributed by atoms with van der Waals surface area (Å²) in [5.41, 5.74) is 10.6. The fraction of sp³-hybridized carbons (Fsp3) is 0. The molecular formula is C47H30N2. The van der Waals surface area contributed by atoms with Crippen molar-refractivity contribution >= 4 is 54.1 Å². The lowest BCUT2D eigenvalue weighted by Gasteiger charge is -2.19. The summed E-state index contributed by atoms with van der Waals surface area (Å²) in [5.74, 6) is 0. The van der Waals surface area contributed by atoms with E-state index in [0.717, 1.165) is 22.5 Å². The number of hydrogen-bond acceptors (Lipinski definition) is 1. The summed E-state index contributed by atoms with van der Waals surface area (Å²) >= 11 is 0. The van der Waals surface area contributed by atoms with E-state index in [0.29, 0.717) is 0 Å². The molecule has 2 aromatic heterocycles. The van der Waals surface area contributed by atoms with Crippen LogP contribution in [0, 0.1) is 0 Å². The molecule has 0 bridgehead atoms. The largest absolute Gasteiger partial charge is 0.309 e. The Kier molecular flexibility index (Phi) is 6.22. The molecule has 49 heavy (non-hydrogen) atoms. The average Bonchev–Trinajstić information content (AvgIpc) is 3.52. The smallest absolute Gasteiger partial charge is 0.0808 e. The van der Waals surface area contributed by atoms with Crippen molar-refractivity contribution in [1.29, 1.82) is 0 Å². The van der Waals surface area contributed by atoms with Crippen LogP contribution in [0.4, 0.5) is 0 Å². The Labute approximate surface area is 284 Å². The van der Waals surface area contributed by atoms with Gasteiger partial charge in [-0.3, -0.25) is 4.98 Å². The number of hydrogen-bond donors (Lipinski definition) is 0. The second-order valence-corrected chi connectivity index (χ2v) is 12.7. The van der Waals surface area contributed by atoms with Crippen molar-refractivity contribution in [2.45, 2.75) is 0 Å². The fourth-order valence-electron chi connectivity index (χ4n) is 8.03. The van der Waals surface area contributed by atoms with E-state index in [4.69, 9.17) is 4.98 Å². The predicted molar refractivity (Wildman–Crippen MR) is 207 cm³/mol. The summed E-state index contributed by atoms with van der Waals surface area (Å²) in [7, 11) is 0. The molecule has 2 nitrogen and oxygen atoms in total. The van der Waals surface area contributed by atoms with E-state index < -0.39 is 0 Å². The third-order valence-electron chi connectivity index (χ3n) is 10.0. The van der Waals surface area contributed by atoms with Crippen molar-refractivity contribution in [1.82, 2.24) is 9.55 Å². The van der Waals surface area contributed by atoms with Crippen LogP contribution in [0.1, 0.15) is 0 Å². The number of para-hydroxylation sites is 2. The molecule has 10 rings (SSSR count). The average molecular weight is 623 g/mol. The van der Waals surface area contributed by atoms with Crippen LogP contribution in [-0.4, -0.2) is 9.55 Å². The minimum Gasteiger partial charge on any atom is -0.309 e. The van der Waals surface area contributed by atoms with E-state index in [9.17, 15) is 0 Å². The van der Waals surface area contributed by atoms with Gasteiger partial charge in [0.25, 0.3) is 0 Å². The molecule has 0 spiro atoms. The standard InChI is InChI=1S/C47H30N2/c1-3-15-31(16-4-1)44-35-21-9-11-23-37(35)45(38-24-12-10-22-36(38)44)39-27-28-40(34-20-8-7-19-33(34)39)47-46-41-25-13-14-26-42(41)49(43(46)29-30-48-47)32-17-5-2-6-18-32/h1-30H. The second kappa shape index (κ2) is 11.0. The number of aromatic nitrogens is 2. The van der Waals surface area contributed by atoms with Gasteiger partial charge in [0.05, 0.1) is 16.7 Å². The number of nitrogens with zero attached hydrogens (tertiary/aromatic N) is 2. The molecule has 0 saturated carbocycles. The van der Waals surface area contributed by atoms with Crippen molar-refractivity contribution in [2.75, 3.05) is 0 Å². The molecule has 228 valence electrons. The van der Waals surface area contributed by atoms with Gasteiger partial charge in [-0.1, -0.05) is 152 Å². The molecule has 0 radical (unpaired) electrons. The molecular weight excluding hydrogens is 593 g/mol.